The third-order valence-electron chi connectivity index (χ3n) is 6.60. The lowest BCUT2D eigenvalue weighted by molar-refractivity contribution is -0.119. The molecule has 2 heterocycles. The molecule has 0 unspecified atom stereocenters. The molecule has 2 aromatic rings. The monoisotopic (exact) mass is 442 g/mol. The van der Waals surface area contributed by atoms with E-state index in [1.54, 1.807) is 0 Å². The van der Waals surface area contributed by atoms with Gasteiger partial charge in [0.25, 0.3) is 0 Å². The van der Waals surface area contributed by atoms with Crippen LogP contribution in [-0.4, -0.2) is 64.9 Å². The molecular weight excluding hydrogens is 408 g/mol. The molecule has 2 fully saturated rings. The van der Waals surface area contributed by atoms with Crippen molar-refractivity contribution < 1.29 is 9.53 Å². The summed E-state index contributed by atoms with van der Waals surface area (Å²) >= 11 is 1.48. The zero-order valence-electron chi connectivity index (χ0n) is 18.5. The van der Waals surface area contributed by atoms with E-state index in [4.69, 9.17) is 9.72 Å². The molecular formula is C24H34N4O2S. The van der Waals surface area contributed by atoms with Crippen molar-refractivity contribution in [1.82, 2.24) is 20.2 Å². The highest BCUT2D eigenvalue weighted by molar-refractivity contribution is 7.99. The summed E-state index contributed by atoms with van der Waals surface area (Å²) in [5, 5.41) is 4.06. The number of carbonyl (C=O) groups excluding carboxylic acids is 1. The molecule has 168 valence electrons. The first kappa shape index (κ1) is 22.4. The first-order valence-corrected chi connectivity index (χ1v) is 12.4. The fourth-order valence-electron chi connectivity index (χ4n) is 4.80. The Morgan fingerprint density at radius 2 is 1.94 bits per heavy atom. The van der Waals surface area contributed by atoms with E-state index >= 15 is 0 Å². The summed E-state index contributed by atoms with van der Waals surface area (Å²) in [4.78, 5) is 23.3. The maximum atomic E-state index is 12.6. The standard InChI is InChI=1S/C24H34N4O2S/c1-19-21(16-20-8-4-2-5-9-20)27-23(26-19)31-17-22(29)25-18-24(10-6-3-7-11-24)28-12-14-30-15-13-28/h2,4-5,8-9H,3,6-7,10-18H2,1H3,(H,25,29)(H,26,27). The number of imidazole rings is 1. The van der Waals surface area contributed by atoms with Crippen molar-refractivity contribution >= 4 is 17.7 Å². The Balaban J connectivity index is 1.29. The summed E-state index contributed by atoms with van der Waals surface area (Å²) < 4.78 is 5.55. The molecule has 1 amide bonds. The van der Waals surface area contributed by atoms with Crippen molar-refractivity contribution in [1.29, 1.82) is 0 Å². The number of aryl methyl sites for hydroxylation is 1. The number of hydrogen-bond acceptors (Lipinski definition) is 5. The van der Waals surface area contributed by atoms with Gasteiger partial charge in [-0.1, -0.05) is 61.4 Å². The van der Waals surface area contributed by atoms with Crippen LogP contribution in [0.1, 0.15) is 49.1 Å². The van der Waals surface area contributed by atoms with Gasteiger partial charge in [0, 0.05) is 37.3 Å². The number of morpholine rings is 1. The van der Waals surface area contributed by atoms with Crippen LogP contribution in [0.5, 0.6) is 0 Å². The smallest absolute Gasteiger partial charge is 0.230 e. The fraction of sp³-hybridized carbons (Fsp3) is 0.583. The van der Waals surface area contributed by atoms with Crippen LogP contribution in [0.3, 0.4) is 0 Å². The summed E-state index contributed by atoms with van der Waals surface area (Å²) in [6, 6.07) is 10.4. The number of thioether (sulfide) groups is 1. The number of amides is 1. The average molecular weight is 443 g/mol. The number of rotatable bonds is 8. The van der Waals surface area contributed by atoms with Crippen molar-refractivity contribution in [2.24, 2.45) is 0 Å². The highest BCUT2D eigenvalue weighted by Gasteiger charge is 2.38. The number of hydrogen-bond donors (Lipinski definition) is 2. The summed E-state index contributed by atoms with van der Waals surface area (Å²) in [7, 11) is 0. The Bertz CT molecular complexity index is 843. The summed E-state index contributed by atoms with van der Waals surface area (Å²) in [5.74, 6) is 0.471. The molecule has 2 aliphatic rings. The van der Waals surface area contributed by atoms with Gasteiger partial charge < -0.3 is 15.0 Å². The highest BCUT2D eigenvalue weighted by Crippen LogP contribution is 2.34. The van der Waals surface area contributed by atoms with Gasteiger partial charge in [-0.05, 0) is 25.3 Å². The number of nitrogens with one attached hydrogen (secondary N) is 2. The highest BCUT2D eigenvalue weighted by atomic mass is 32.2. The van der Waals surface area contributed by atoms with Crippen molar-refractivity contribution in [3.05, 3.63) is 47.3 Å². The Kier molecular flexibility index (Phi) is 7.69. The largest absolute Gasteiger partial charge is 0.379 e. The second-order valence-corrected chi connectivity index (χ2v) is 9.69. The molecule has 0 bridgehead atoms. The molecule has 1 saturated heterocycles. The minimum Gasteiger partial charge on any atom is -0.379 e. The Morgan fingerprint density at radius 3 is 2.68 bits per heavy atom. The molecule has 1 aliphatic heterocycles. The molecule has 1 aliphatic carbocycles. The van der Waals surface area contributed by atoms with Crippen molar-refractivity contribution in [3.8, 4) is 0 Å². The number of H-pyrrole nitrogens is 1. The maximum Gasteiger partial charge on any atom is 0.230 e. The zero-order chi connectivity index (χ0) is 21.5. The summed E-state index contributed by atoms with van der Waals surface area (Å²) in [5.41, 5.74) is 3.46. The topological polar surface area (TPSA) is 70.2 Å². The number of nitrogens with zero attached hydrogens (tertiary/aromatic N) is 2. The van der Waals surface area contributed by atoms with E-state index in [1.165, 1.54) is 49.4 Å². The van der Waals surface area contributed by atoms with E-state index in [9.17, 15) is 4.79 Å². The van der Waals surface area contributed by atoms with Gasteiger partial charge in [-0.15, -0.1) is 0 Å². The normalized spacial score (nSPS) is 19.3. The van der Waals surface area contributed by atoms with E-state index < -0.39 is 0 Å². The predicted octanol–water partition coefficient (Wildman–Crippen LogP) is 3.55. The van der Waals surface area contributed by atoms with Gasteiger partial charge in [0.2, 0.25) is 5.91 Å². The van der Waals surface area contributed by atoms with E-state index in [-0.39, 0.29) is 11.4 Å². The van der Waals surface area contributed by atoms with Gasteiger partial charge in [0.05, 0.1) is 24.7 Å². The first-order chi connectivity index (χ1) is 15.1. The lowest BCUT2D eigenvalue weighted by atomic mass is 9.79. The SMILES string of the molecule is Cc1[nH]c(SCC(=O)NCC2(N3CCOCC3)CCCCC2)nc1Cc1ccccc1. The van der Waals surface area contributed by atoms with Gasteiger partial charge in [0.1, 0.15) is 0 Å². The minimum atomic E-state index is 0.0851. The van der Waals surface area contributed by atoms with Crippen LogP contribution >= 0.6 is 11.8 Å². The lowest BCUT2D eigenvalue weighted by Crippen LogP contribution is -2.59. The molecule has 0 radical (unpaired) electrons. The second-order valence-electron chi connectivity index (χ2n) is 8.73. The average Bonchev–Trinajstić information content (AvgIpc) is 3.17. The van der Waals surface area contributed by atoms with E-state index in [0.29, 0.717) is 5.75 Å². The summed E-state index contributed by atoms with van der Waals surface area (Å²) in [6.07, 6.45) is 6.94. The van der Waals surface area contributed by atoms with Crippen molar-refractivity contribution in [3.63, 3.8) is 0 Å². The number of benzene rings is 1. The van der Waals surface area contributed by atoms with E-state index in [0.717, 1.165) is 55.8 Å². The molecule has 1 saturated carbocycles. The number of ether oxygens (including phenoxy) is 1. The molecule has 4 rings (SSSR count). The van der Waals surface area contributed by atoms with Crippen molar-refractivity contribution in [2.45, 2.75) is 56.1 Å². The van der Waals surface area contributed by atoms with Crippen LogP contribution in [0.25, 0.3) is 0 Å². The number of aromatic amines is 1. The molecule has 1 aromatic carbocycles. The van der Waals surface area contributed by atoms with Gasteiger partial charge in [-0.3, -0.25) is 9.69 Å². The van der Waals surface area contributed by atoms with Crippen LogP contribution in [0, 0.1) is 6.92 Å². The van der Waals surface area contributed by atoms with Crippen LogP contribution in [0.2, 0.25) is 0 Å². The molecule has 0 spiro atoms. The molecule has 7 heteroatoms. The van der Waals surface area contributed by atoms with E-state index in [2.05, 4.69) is 27.3 Å². The number of carbonyl (C=O) groups is 1. The fourth-order valence-corrected chi connectivity index (χ4v) is 5.57. The lowest BCUT2D eigenvalue weighted by Gasteiger charge is -2.48. The Labute approximate surface area is 189 Å². The second kappa shape index (κ2) is 10.7. The first-order valence-electron chi connectivity index (χ1n) is 11.5. The number of aromatic nitrogens is 2. The van der Waals surface area contributed by atoms with Gasteiger partial charge in [-0.2, -0.15) is 0 Å². The van der Waals surface area contributed by atoms with Crippen LogP contribution in [-0.2, 0) is 16.0 Å². The van der Waals surface area contributed by atoms with Gasteiger partial charge in [0.15, 0.2) is 5.16 Å². The molecule has 6 nitrogen and oxygen atoms in total. The third-order valence-corrected chi connectivity index (χ3v) is 7.47. The quantitative estimate of drug-likeness (QED) is 0.612. The van der Waals surface area contributed by atoms with Crippen LogP contribution in [0.15, 0.2) is 35.5 Å². The van der Waals surface area contributed by atoms with E-state index in [1.807, 2.05) is 25.1 Å². The van der Waals surface area contributed by atoms with Crippen LogP contribution < -0.4 is 5.32 Å². The predicted molar refractivity (Wildman–Crippen MR) is 125 cm³/mol. The van der Waals surface area contributed by atoms with Crippen molar-refractivity contribution in [2.75, 3.05) is 38.6 Å². The summed E-state index contributed by atoms with van der Waals surface area (Å²) in [6.45, 7) is 6.33. The minimum absolute atomic E-state index is 0.0851. The van der Waals surface area contributed by atoms with Gasteiger partial charge in [-0.25, -0.2) is 4.98 Å². The zero-order valence-corrected chi connectivity index (χ0v) is 19.3. The Morgan fingerprint density at radius 1 is 1.19 bits per heavy atom. The third kappa shape index (κ3) is 5.90. The Hall–Kier alpha value is -1.83. The molecule has 2 N–H and O–H groups in total. The maximum absolute atomic E-state index is 12.6. The van der Waals surface area contributed by atoms with Gasteiger partial charge >= 0.3 is 0 Å². The molecule has 0 atom stereocenters. The molecule has 1 aromatic heterocycles. The molecule has 31 heavy (non-hydrogen) atoms. The van der Waals surface area contributed by atoms with Crippen LogP contribution in [0.4, 0.5) is 0 Å².